The molecule has 0 aromatic heterocycles. The Bertz CT molecular complexity index is 785. The Hall–Kier alpha value is -1.00. The van der Waals surface area contributed by atoms with Crippen molar-refractivity contribution in [3.8, 4) is 11.5 Å². The first-order valence-corrected chi connectivity index (χ1v) is 10.6. The van der Waals surface area contributed by atoms with Gasteiger partial charge in [0.15, 0.2) is 0 Å². The van der Waals surface area contributed by atoms with Gasteiger partial charge in [0, 0.05) is 12.3 Å². The van der Waals surface area contributed by atoms with E-state index in [1.165, 1.54) is 24.0 Å². The summed E-state index contributed by atoms with van der Waals surface area (Å²) >= 11 is 7.32. The monoisotopic (exact) mass is 464 g/mol. The molecule has 0 saturated heterocycles. The smallest absolute Gasteiger partial charge is 0.254 e. The van der Waals surface area contributed by atoms with Gasteiger partial charge in [0.1, 0.15) is 11.5 Å². The summed E-state index contributed by atoms with van der Waals surface area (Å²) in [5.74, 6) is 1.70. The fourth-order valence-electron chi connectivity index (χ4n) is 4.03. The second kappa shape index (κ2) is 6.96. The topological polar surface area (TPSA) is 18.5 Å². The van der Waals surface area contributed by atoms with Crippen LogP contribution in [0.2, 0.25) is 0 Å². The van der Waals surface area contributed by atoms with Crippen LogP contribution in [0.5, 0.6) is 11.5 Å². The van der Waals surface area contributed by atoms with Gasteiger partial charge < -0.3 is 9.47 Å². The van der Waals surface area contributed by atoms with E-state index in [4.69, 9.17) is 9.47 Å². The van der Waals surface area contributed by atoms with Gasteiger partial charge in [-0.15, -0.1) is 0 Å². The Morgan fingerprint density at radius 2 is 1.64 bits per heavy atom. The second-order valence-electron chi connectivity index (χ2n) is 7.02. The summed E-state index contributed by atoms with van der Waals surface area (Å²) in [4.78, 5) is 0. The number of benzene rings is 2. The molecule has 2 aromatic carbocycles. The van der Waals surface area contributed by atoms with Gasteiger partial charge in [-0.1, -0.05) is 44.0 Å². The molecule has 132 valence electrons. The minimum Gasteiger partial charge on any atom is -0.451 e. The number of hydrogen-bond donors (Lipinski definition) is 0. The lowest BCUT2D eigenvalue weighted by Crippen LogP contribution is -2.54. The molecule has 0 fully saturated rings. The molecule has 1 spiro atoms. The largest absolute Gasteiger partial charge is 0.451 e. The molecule has 2 heterocycles. The number of para-hydroxylation sites is 2. The Morgan fingerprint density at radius 1 is 1.00 bits per heavy atom. The summed E-state index contributed by atoms with van der Waals surface area (Å²) < 4.78 is 15.3. The van der Waals surface area contributed by atoms with Crippen molar-refractivity contribution in [1.29, 1.82) is 0 Å². The fraction of sp³-hybridized carbons (Fsp3) is 0.429. The molecule has 0 radical (unpaired) electrons. The van der Waals surface area contributed by atoms with Crippen LogP contribution in [0.25, 0.3) is 0 Å². The van der Waals surface area contributed by atoms with Crippen LogP contribution in [0.15, 0.2) is 45.3 Å². The summed E-state index contributed by atoms with van der Waals surface area (Å²) in [5, 5.41) is 0. The number of ether oxygens (including phenoxy) is 2. The SMILES string of the molecule is CCCCC1Cc2cccc(Br)c2OC12CCc1cccc(Br)c1O2. The van der Waals surface area contributed by atoms with Crippen LogP contribution in [0.3, 0.4) is 0 Å². The molecule has 0 N–H and O–H groups in total. The van der Waals surface area contributed by atoms with Crippen LogP contribution in [0.4, 0.5) is 0 Å². The minimum atomic E-state index is -0.567. The number of fused-ring (bicyclic) bond motifs is 2. The third kappa shape index (κ3) is 3.12. The molecule has 2 unspecified atom stereocenters. The van der Waals surface area contributed by atoms with E-state index in [0.717, 1.165) is 46.1 Å². The molecule has 0 saturated carbocycles. The van der Waals surface area contributed by atoms with Gasteiger partial charge in [-0.25, -0.2) is 0 Å². The molecule has 0 bridgehead atoms. The predicted molar refractivity (Wildman–Crippen MR) is 107 cm³/mol. The van der Waals surface area contributed by atoms with Crippen LogP contribution < -0.4 is 9.47 Å². The third-order valence-corrected chi connectivity index (χ3v) is 6.63. The van der Waals surface area contributed by atoms with Crippen molar-refractivity contribution >= 4 is 31.9 Å². The van der Waals surface area contributed by atoms with Crippen molar-refractivity contribution < 1.29 is 9.47 Å². The average molecular weight is 466 g/mol. The lowest BCUT2D eigenvalue weighted by Gasteiger charge is -2.47. The van der Waals surface area contributed by atoms with Crippen molar-refractivity contribution in [3.63, 3.8) is 0 Å². The molecule has 4 heteroatoms. The molecule has 2 atom stereocenters. The number of halogens is 2. The highest BCUT2D eigenvalue weighted by Gasteiger charge is 2.49. The molecule has 2 aliphatic rings. The van der Waals surface area contributed by atoms with Gasteiger partial charge in [-0.05, 0) is 74.4 Å². The van der Waals surface area contributed by atoms with Crippen molar-refractivity contribution in [2.45, 2.75) is 51.2 Å². The summed E-state index contributed by atoms with van der Waals surface area (Å²) in [6, 6.07) is 12.6. The molecule has 0 aliphatic carbocycles. The first-order valence-electron chi connectivity index (χ1n) is 9.06. The number of aryl methyl sites for hydroxylation is 1. The molecule has 2 aromatic rings. The maximum absolute atomic E-state index is 6.62. The Balaban J connectivity index is 1.75. The molecular weight excluding hydrogens is 444 g/mol. The second-order valence-corrected chi connectivity index (χ2v) is 8.72. The first kappa shape index (κ1) is 17.4. The van der Waals surface area contributed by atoms with Gasteiger partial charge >= 0.3 is 0 Å². The van der Waals surface area contributed by atoms with E-state index in [0.29, 0.717) is 5.92 Å². The zero-order valence-electron chi connectivity index (χ0n) is 14.4. The quantitative estimate of drug-likeness (QED) is 0.503. The van der Waals surface area contributed by atoms with Crippen molar-refractivity contribution in [2.75, 3.05) is 0 Å². The number of unbranched alkanes of at least 4 members (excludes halogenated alkanes) is 1. The summed E-state index contributed by atoms with van der Waals surface area (Å²) in [6.45, 7) is 2.24. The Morgan fingerprint density at radius 3 is 2.32 bits per heavy atom. The van der Waals surface area contributed by atoms with E-state index in [9.17, 15) is 0 Å². The van der Waals surface area contributed by atoms with Crippen LogP contribution in [-0.2, 0) is 12.8 Å². The highest BCUT2D eigenvalue weighted by molar-refractivity contribution is 9.10. The van der Waals surface area contributed by atoms with Crippen LogP contribution in [-0.4, -0.2) is 5.79 Å². The van der Waals surface area contributed by atoms with Crippen LogP contribution in [0.1, 0.15) is 43.7 Å². The fourth-order valence-corrected chi connectivity index (χ4v) is 5.01. The van der Waals surface area contributed by atoms with Crippen molar-refractivity contribution in [3.05, 3.63) is 56.5 Å². The van der Waals surface area contributed by atoms with Gasteiger partial charge in [-0.3, -0.25) is 0 Å². The van der Waals surface area contributed by atoms with Gasteiger partial charge in [0.05, 0.1) is 8.95 Å². The lowest BCUT2D eigenvalue weighted by atomic mass is 9.80. The maximum atomic E-state index is 6.62. The van der Waals surface area contributed by atoms with E-state index in [1.54, 1.807) is 0 Å². The van der Waals surface area contributed by atoms with Gasteiger partial charge in [-0.2, -0.15) is 0 Å². The standard InChI is InChI=1S/C21H22Br2O2/c1-2-3-8-16-13-15-7-5-10-18(23)20(15)25-21(16)12-11-14-6-4-9-17(22)19(14)24-21/h4-7,9-10,16H,2-3,8,11-13H2,1H3. The Kier molecular flexibility index (Phi) is 4.85. The normalized spacial score (nSPS) is 24.2. The molecule has 4 rings (SSSR count). The minimum absolute atomic E-state index is 0.370. The Labute approximate surface area is 166 Å². The average Bonchev–Trinajstić information content (AvgIpc) is 2.62. The number of hydrogen-bond acceptors (Lipinski definition) is 2. The molecular formula is C21H22Br2O2. The summed E-state index contributed by atoms with van der Waals surface area (Å²) in [7, 11) is 0. The highest BCUT2D eigenvalue weighted by atomic mass is 79.9. The number of rotatable bonds is 3. The molecule has 25 heavy (non-hydrogen) atoms. The van der Waals surface area contributed by atoms with E-state index < -0.39 is 5.79 Å². The summed E-state index contributed by atoms with van der Waals surface area (Å²) in [6.07, 6.45) is 6.41. The van der Waals surface area contributed by atoms with Crippen molar-refractivity contribution in [1.82, 2.24) is 0 Å². The van der Waals surface area contributed by atoms with E-state index in [-0.39, 0.29) is 0 Å². The van der Waals surface area contributed by atoms with Crippen LogP contribution >= 0.6 is 31.9 Å². The van der Waals surface area contributed by atoms with E-state index >= 15 is 0 Å². The molecule has 2 nitrogen and oxygen atoms in total. The predicted octanol–water partition coefficient (Wildman–Crippen LogP) is 6.67. The van der Waals surface area contributed by atoms with Crippen LogP contribution in [0, 0.1) is 5.92 Å². The third-order valence-electron chi connectivity index (χ3n) is 5.38. The van der Waals surface area contributed by atoms with E-state index in [1.807, 2.05) is 12.1 Å². The maximum Gasteiger partial charge on any atom is 0.254 e. The molecule has 2 aliphatic heterocycles. The van der Waals surface area contributed by atoms with Crippen molar-refractivity contribution in [2.24, 2.45) is 5.92 Å². The highest BCUT2D eigenvalue weighted by Crippen LogP contribution is 2.49. The van der Waals surface area contributed by atoms with Gasteiger partial charge in [0.25, 0.3) is 5.79 Å². The zero-order chi connectivity index (χ0) is 17.4. The first-order chi connectivity index (χ1) is 12.1. The molecule has 0 amide bonds. The summed E-state index contributed by atoms with van der Waals surface area (Å²) in [5.41, 5.74) is 2.54. The van der Waals surface area contributed by atoms with E-state index in [2.05, 4.69) is 63.0 Å². The zero-order valence-corrected chi connectivity index (χ0v) is 17.5. The van der Waals surface area contributed by atoms with Gasteiger partial charge in [0.2, 0.25) is 0 Å². The lowest BCUT2D eigenvalue weighted by molar-refractivity contribution is -0.179.